The lowest BCUT2D eigenvalue weighted by Gasteiger charge is -1.90. The lowest BCUT2D eigenvalue weighted by molar-refractivity contribution is -0.109. The lowest BCUT2D eigenvalue weighted by atomic mass is 10.3. The molecule has 0 bridgehead atoms. The number of benzene rings is 1. The van der Waals surface area contributed by atoms with Gasteiger partial charge in [0, 0.05) is 0 Å². The maximum atomic E-state index is 10.0. The van der Waals surface area contributed by atoms with Gasteiger partial charge in [0.25, 0.3) is 0 Å². The standard InChI is InChI=1S/C9H9N3O.C3H8.C2H6/c13-6-10-5-9-11-7-3-1-2-4-8(7)12-9;1-3-2;1-2/h1-4,6H,5H2,(H,10,13)(H,11,12);3H2,1-2H3;1-2H3. The number of nitrogens with one attached hydrogen (secondary N) is 2. The molecule has 0 radical (unpaired) electrons. The second-order valence-corrected chi connectivity index (χ2v) is 3.41. The highest BCUT2D eigenvalue weighted by Crippen LogP contribution is 2.09. The fraction of sp³-hybridized carbons (Fsp3) is 0.429. The quantitative estimate of drug-likeness (QED) is 0.820. The lowest BCUT2D eigenvalue weighted by Crippen LogP contribution is -2.10. The van der Waals surface area contributed by atoms with E-state index in [9.17, 15) is 4.79 Å². The van der Waals surface area contributed by atoms with E-state index in [1.54, 1.807) is 0 Å². The van der Waals surface area contributed by atoms with Crippen LogP contribution in [0.4, 0.5) is 0 Å². The Labute approximate surface area is 109 Å². The number of nitrogens with zero attached hydrogens (tertiary/aromatic N) is 1. The third-order valence-corrected chi connectivity index (χ3v) is 1.79. The van der Waals surface area contributed by atoms with Crippen LogP contribution >= 0.6 is 0 Å². The predicted octanol–water partition coefficient (Wildman–Crippen LogP) is 3.25. The summed E-state index contributed by atoms with van der Waals surface area (Å²) in [5.74, 6) is 0.772. The minimum absolute atomic E-state index is 0.443. The summed E-state index contributed by atoms with van der Waals surface area (Å²) in [6.45, 7) is 8.69. The molecule has 1 aromatic heterocycles. The van der Waals surface area contributed by atoms with Gasteiger partial charge in [-0.25, -0.2) is 4.98 Å². The van der Waals surface area contributed by atoms with Crippen LogP contribution in [0.25, 0.3) is 11.0 Å². The van der Waals surface area contributed by atoms with Gasteiger partial charge < -0.3 is 10.3 Å². The zero-order chi connectivity index (χ0) is 13.8. The van der Waals surface area contributed by atoms with Gasteiger partial charge in [0.15, 0.2) is 0 Å². The minimum atomic E-state index is 0.443. The minimum Gasteiger partial charge on any atom is -0.351 e. The summed E-state index contributed by atoms with van der Waals surface area (Å²) in [4.78, 5) is 17.4. The van der Waals surface area contributed by atoms with Crippen LogP contribution in [-0.2, 0) is 11.3 Å². The highest BCUT2D eigenvalue weighted by molar-refractivity contribution is 5.74. The molecule has 2 aromatic rings. The van der Waals surface area contributed by atoms with Crippen molar-refractivity contribution in [2.24, 2.45) is 0 Å². The van der Waals surface area contributed by atoms with E-state index in [4.69, 9.17) is 0 Å². The smallest absolute Gasteiger partial charge is 0.207 e. The van der Waals surface area contributed by atoms with Crippen LogP contribution in [0.2, 0.25) is 0 Å². The summed E-state index contributed by atoms with van der Waals surface area (Å²) in [5.41, 5.74) is 1.91. The molecule has 18 heavy (non-hydrogen) atoms. The van der Waals surface area contributed by atoms with E-state index >= 15 is 0 Å². The van der Waals surface area contributed by atoms with E-state index in [-0.39, 0.29) is 0 Å². The van der Waals surface area contributed by atoms with Crippen LogP contribution in [0.15, 0.2) is 24.3 Å². The number of amides is 1. The van der Waals surface area contributed by atoms with E-state index < -0.39 is 0 Å². The molecule has 1 aromatic carbocycles. The molecular formula is C14H23N3O. The van der Waals surface area contributed by atoms with Gasteiger partial charge in [-0.15, -0.1) is 0 Å². The van der Waals surface area contributed by atoms with E-state index in [1.807, 2.05) is 38.1 Å². The van der Waals surface area contributed by atoms with Gasteiger partial charge in [-0.1, -0.05) is 46.2 Å². The average molecular weight is 249 g/mol. The maximum Gasteiger partial charge on any atom is 0.207 e. The molecule has 4 nitrogen and oxygen atoms in total. The number of carbonyl (C=O) groups is 1. The van der Waals surface area contributed by atoms with Crippen molar-refractivity contribution in [2.75, 3.05) is 0 Å². The molecular weight excluding hydrogens is 226 g/mol. The molecule has 0 aliphatic rings. The third kappa shape index (κ3) is 5.48. The molecule has 0 atom stereocenters. The summed E-state index contributed by atoms with van der Waals surface area (Å²) in [5, 5.41) is 2.55. The summed E-state index contributed by atoms with van der Waals surface area (Å²) in [6, 6.07) is 7.75. The second-order valence-electron chi connectivity index (χ2n) is 3.41. The Morgan fingerprint density at radius 1 is 1.28 bits per heavy atom. The number of hydrogen-bond donors (Lipinski definition) is 2. The number of fused-ring (bicyclic) bond motifs is 1. The molecule has 0 aliphatic heterocycles. The van der Waals surface area contributed by atoms with Gasteiger partial charge >= 0.3 is 0 Å². The Morgan fingerprint density at radius 3 is 2.44 bits per heavy atom. The van der Waals surface area contributed by atoms with Crippen molar-refractivity contribution >= 4 is 17.4 Å². The van der Waals surface area contributed by atoms with Crippen LogP contribution in [0, 0.1) is 0 Å². The van der Waals surface area contributed by atoms with Crippen LogP contribution in [0.3, 0.4) is 0 Å². The van der Waals surface area contributed by atoms with E-state index in [0.717, 1.165) is 16.9 Å². The molecule has 0 saturated carbocycles. The highest BCUT2D eigenvalue weighted by atomic mass is 16.1. The number of aromatic amines is 1. The summed E-state index contributed by atoms with van der Waals surface area (Å²) >= 11 is 0. The summed E-state index contributed by atoms with van der Waals surface area (Å²) in [6.07, 6.45) is 1.91. The van der Waals surface area contributed by atoms with Crippen molar-refractivity contribution < 1.29 is 4.79 Å². The molecule has 1 amide bonds. The van der Waals surface area contributed by atoms with Gasteiger partial charge in [0.2, 0.25) is 6.41 Å². The van der Waals surface area contributed by atoms with Gasteiger partial charge in [0.1, 0.15) is 5.82 Å². The van der Waals surface area contributed by atoms with Crippen LogP contribution in [-0.4, -0.2) is 16.4 Å². The normalized spacial score (nSPS) is 8.67. The Kier molecular flexibility index (Phi) is 9.27. The molecule has 0 unspecified atom stereocenters. The first-order valence-corrected chi connectivity index (χ1v) is 6.42. The molecule has 1 heterocycles. The summed E-state index contributed by atoms with van der Waals surface area (Å²) < 4.78 is 0. The topological polar surface area (TPSA) is 57.8 Å². The maximum absolute atomic E-state index is 10.0. The second kappa shape index (κ2) is 10.3. The number of para-hydroxylation sites is 2. The molecule has 2 N–H and O–H groups in total. The van der Waals surface area contributed by atoms with Crippen molar-refractivity contribution in [1.82, 2.24) is 15.3 Å². The van der Waals surface area contributed by atoms with E-state index in [2.05, 4.69) is 29.1 Å². The monoisotopic (exact) mass is 249 g/mol. The van der Waals surface area contributed by atoms with E-state index in [0.29, 0.717) is 13.0 Å². The largest absolute Gasteiger partial charge is 0.351 e. The Balaban J connectivity index is 0.000000509. The van der Waals surface area contributed by atoms with Crippen molar-refractivity contribution in [2.45, 2.75) is 40.7 Å². The molecule has 0 spiro atoms. The number of imidazole rings is 1. The number of carbonyl (C=O) groups excluding carboxylic acids is 1. The molecule has 0 aliphatic carbocycles. The molecule has 0 saturated heterocycles. The number of rotatable bonds is 3. The van der Waals surface area contributed by atoms with Gasteiger partial charge in [0.05, 0.1) is 17.6 Å². The Morgan fingerprint density at radius 2 is 1.89 bits per heavy atom. The molecule has 100 valence electrons. The van der Waals surface area contributed by atoms with E-state index in [1.165, 1.54) is 6.42 Å². The molecule has 2 rings (SSSR count). The van der Waals surface area contributed by atoms with Crippen LogP contribution < -0.4 is 5.32 Å². The Bertz CT molecular complexity index is 404. The third-order valence-electron chi connectivity index (χ3n) is 1.79. The van der Waals surface area contributed by atoms with Gasteiger partial charge in [-0.3, -0.25) is 4.79 Å². The number of aromatic nitrogens is 2. The fourth-order valence-electron chi connectivity index (χ4n) is 1.23. The van der Waals surface area contributed by atoms with Crippen molar-refractivity contribution in [3.8, 4) is 0 Å². The molecule has 0 fully saturated rings. The SMILES string of the molecule is CC.CCC.O=CNCc1nc2ccccc2[nH]1. The number of H-pyrrole nitrogens is 1. The average Bonchev–Trinajstić information content (AvgIpc) is 2.82. The van der Waals surface area contributed by atoms with Crippen molar-refractivity contribution in [1.29, 1.82) is 0 Å². The zero-order valence-electron chi connectivity index (χ0n) is 11.7. The van der Waals surface area contributed by atoms with Crippen LogP contribution in [0.1, 0.15) is 39.9 Å². The van der Waals surface area contributed by atoms with Crippen LogP contribution in [0.5, 0.6) is 0 Å². The highest BCUT2D eigenvalue weighted by Gasteiger charge is 1.99. The first kappa shape index (κ1) is 16.2. The molecule has 4 heteroatoms. The van der Waals surface area contributed by atoms with Gasteiger partial charge in [-0.2, -0.15) is 0 Å². The predicted molar refractivity (Wildman–Crippen MR) is 76.3 cm³/mol. The number of hydrogen-bond acceptors (Lipinski definition) is 2. The Hall–Kier alpha value is -1.84. The summed E-state index contributed by atoms with van der Waals surface area (Å²) in [7, 11) is 0. The fourth-order valence-corrected chi connectivity index (χ4v) is 1.23. The first-order valence-electron chi connectivity index (χ1n) is 6.42. The zero-order valence-corrected chi connectivity index (χ0v) is 11.7. The van der Waals surface area contributed by atoms with Crippen molar-refractivity contribution in [3.63, 3.8) is 0 Å². The van der Waals surface area contributed by atoms with Crippen molar-refractivity contribution in [3.05, 3.63) is 30.1 Å². The first-order chi connectivity index (χ1) is 8.81. The van der Waals surface area contributed by atoms with Gasteiger partial charge in [-0.05, 0) is 12.1 Å².